The number of benzene rings is 1. The fourth-order valence-corrected chi connectivity index (χ4v) is 2.23. The maximum Gasteiger partial charge on any atom is 0.132 e. The fraction of sp³-hybridized carbons (Fsp3) is 0.385. The van der Waals surface area contributed by atoms with E-state index in [1.54, 1.807) is 6.07 Å². The van der Waals surface area contributed by atoms with Crippen molar-refractivity contribution >= 4 is 10.9 Å². The monoisotopic (exact) mass is 205 g/mol. The zero-order chi connectivity index (χ0) is 11.2. The highest BCUT2D eigenvalue weighted by Crippen LogP contribution is 2.26. The van der Waals surface area contributed by atoms with Crippen LogP contribution in [0.15, 0.2) is 18.2 Å². The summed E-state index contributed by atoms with van der Waals surface area (Å²) in [7, 11) is 0. The Labute approximate surface area is 89.5 Å². The molecule has 1 aromatic carbocycles. The van der Waals surface area contributed by atoms with Crippen LogP contribution in [0.5, 0.6) is 0 Å². The zero-order valence-electron chi connectivity index (χ0n) is 9.63. The van der Waals surface area contributed by atoms with Crippen molar-refractivity contribution in [3.8, 4) is 0 Å². The number of halogens is 1. The molecule has 0 N–H and O–H groups in total. The molecule has 2 aromatic rings. The van der Waals surface area contributed by atoms with Gasteiger partial charge in [0.2, 0.25) is 0 Å². The van der Waals surface area contributed by atoms with E-state index in [1.807, 2.05) is 26.0 Å². The third kappa shape index (κ3) is 1.54. The van der Waals surface area contributed by atoms with Crippen LogP contribution in [-0.2, 0) is 0 Å². The quantitative estimate of drug-likeness (QED) is 0.663. The van der Waals surface area contributed by atoms with E-state index in [4.69, 9.17) is 0 Å². The number of hydrogen-bond acceptors (Lipinski definition) is 0. The molecule has 0 spiro atoms. The Balaban J connectivity index is 2.86. The highest BCUT2D eigenvalue weighted by atomic mass is 19.1. The van der Waals surface area contributed by atoms with E-state index in [-0.39, 0.29) is 5.82 Å². The van der Waals surface area contributed by atoms with Gasteiger partial charge in [0.1, 0.15) is 5.82 Å². The number of rotatable bonds is 1. The van der Waals surface area contributed by atoms with E-state index in [1.165, 1.54) is 0 Å². The number of aryl methyl sites for hydroxylation is 2. The summed E-state index contributed by atoms with van der Waals surface area (Å²) >= 11 is 0. The smallest absolute Gasteiger partial charge is 0.132 e. The summed E-state index contributed by atoms with van der Waals surface area (Å²) in [5.41, 5.74) is 3.09. The lowest BCUT2D eigenvalue weighted by Gasteiger charge is -2.12. The first-order valence-electron chi connectivity index (χ1n) is 5.28. The van der Waals surface area contributed by atoms with Gasteiger partial charge in [0.15, 0.2) is 0 Å². The Hall–Kier alpha value is -1.31. The number of aromatic nitrogens is 1. The molecule has 1 aromatic heterocycles. The van der Waals surface area contributed by atoms with Gasteiger partial charge in [0.25, 0.3) is 0 Å². The molecule has 80 valence electrons. The predicted molar refractivity (Wildman–Crippen MR) is 61.8 cm³/mol. The van der Waals surface area contributed by atoms with Crippen LogP contribution >= 0.6 is 0 Å². The van der Waals surface area contributed by atoms with Crippen molar-refractivity contribution in [1.82, 2.24) is 4.57 Å². The number of nitrogens with zero attached hydrogens (tertiary/aromatic N) is 1. The van der Waals surface area contributed by atoms with E-state index in [0.29, 0.717) is 6.04 Å². The molecule has 0 aliphatic rings. The highest BCUT2D eigenvalue weighted by molar-refractivity contribution is 5.82. The topological polar surface area (TPSA) is 4.93 Å². The van der Waals surface area contributed by atoms with Crippen molar-refractivity contribution in [1.29, 1.82) is 0 Å². The minimum Gasteiger partial charge on any atom is -0.342 e. The Morgan fingerprint density at radius 2 is 1.80 bits per heavy atom. The molecule has 2 rings (SSSR count). The third-order valence-corrected chi connectivity index (χ3v) is 2.76. The standard InChI is InChI=1S/C13H16FN/c1-8(2)15-10(4)7-11-12(14)5-9(3)6-13(11)15/h5-8H,1-4H3. The number of fused-ring (bicyclic) bond motifs is 1. The minimum absolute atomic E-state index is 0.118. The van der Waals surface area contributed by atoms with Gasteiger partial charge in [-0.15, -0.1) is 0 Å². The molecule has 0 saturated heterocycles. The lowest BCUT2D eigenvalue weighted by atomic mass is 10.1. The van der Waals surface area contributed by atoms with Gasteiger partial charge in [-0.1, -0.05) is 0 Å². The van der Waals surface area contributed by atoms with E-state index in [2.05, 4.69) is 18.4 Å². The first-order chi connectivity index (χ1) is 7.00. The summed E-state index contributed by atoms with van der Waals surface area (Å²) in [4.78, 5) is 0. The first kappa shape index (κ1) is 10.2. The Morgan fingerprint density at radius 1 is 1.13 bits per heavy atom. The summed E-state index contributed by atoms with van der Waals surface area (Å²) < 4.78 is 15.9. The van der Waals surface area contributed by atoms with E-state index in [0.717, 1.165) is 22.2 Å². The van der Waals surface area contributed by atoms with Gasteiger partial charge in [-0.3, -0.25) is 0 Å². The predicted octanol–water partition coefficient (Wildman–Crippen LogP) is 3.98. The average Bonchev–Trinajstić information content (AvgIpc) is 2.41. The lowest BCUT2D eigenvalue weighted by Crippen LogP contribution is -2.02. The molecule has 0 bridgehead atoms. The summed E-state index contributed by atoms with van der Waals surface area (Å²) in [6, 6.07) is 5.92. The molecular formula is C13H16FN. The summed E-state index contributed by atoms with van der Waals surface area (Å²) in [5, 5.41) is 0.729. The largest absolute Gasteiger partial charge is 0.342 e. The zero-order valence-corrected chi connectivity index (χ0v) is 9.63. The molecule has 2 heteroatoms. The molecule has 0 aliphatic carbocycles. The van der Waals surface area contributed by atoms with Gasteiger partial charge in [-0.25, -0.2) is 4.39 Å². The van der Waals surface area contributed by atoms with Crippen LogP contribution in [0.25, 0.3) is 10.9 Å². The number of hydrogen-bond donors (Lipinski definition) is 0. The summed E-state index contributed by atoms with van der Waals surface area (Å²) in [6.45, 7) is 8.18. The molecule has 0 fully saturated rings. The van der Waals surface area contributed by atoms with Crippen molar-refractivity contribution in [2.75, 3.05) is 0 Å². The lowest BCUT2D eigenvalue weighted by molar-refractivity contribution is 0.606. The summed E-state index contributed by atoms with van der Waals surface area (Å²) in [6.07, 6.45) is 0. The maximum atomic E-state index is 13.7. The molecule has 0 atom stereocenters. The molecular weight excluding hydrogens is 189 g/mol. The first-order valence-corrected chi connectivity index (χ1v) is 5.28. The molecule has 0 aliphatic heterocycles. The van der Waals surface area contributed by atoms with Crippen LogP contribution in [0.4, 0.5) is 4.39 Å². The molecule has 0 amide bonds. The molecule has 0 radical (unpaired) electrons. The Morgan fingerprint density at radius 3 is 2.40 bits per heavy atom. The Kier molecular flexibility index (Phi) is 2.29. The second-order valence-electron chi connectivity index (χ2n) is 4.43. The van der Waals surface area contributed by atoms with Gasteiger partial charge < -0.3 is 4.57 Å². The molecule has 0 unspecified atom stereocenters. The second kappa shape index (κ2) is 3.37. The van der Waals surface area contributed by atoms with Crippen molar-refractivity contribution in [2.24, 2.45) is 0 Å². The fourth-order valence-electron chi connectivity index (χ4n) is 2.23. The van der Waals surface area contributed by atoms with E-state index >= 15 is 0 Å². The van der Waals surface area contributed by atoms with E-state index in [9.17, 15) is 4.39 Å². The van der Waals surface area contributed by atoms with Crippen molar-refractivity contribution in [2.45, 2.75) is 33.7 Å². The van der Waals surface area contributed by atoms with Crippen LogP contribution in [0.3, 0.4) is 0 Å². The molecule has 0 saturated carbocycles. The Bertz CT molecular complexity index is 509. The van der Waals surface area contributed by atoms with Gasteiger partial charge in [-0.05, 0) is 51.5 Å². The van der Waals surface area contributed by atoms with Crippen LogP contribution in [0, 0.1) is 19.7 Å². The normalized spacial score (nSPS) is 11.6. The minimum atomic E-state index is -0.118. The second-order valence-corrected chi connectivity index (χ2v) is 4.43. The van der Waals surface area contributed by atoms with E-state index < -0.39 is 0 Å². The van der Waals surface area contributed by atoms with Crippen LogP contribution < -0.4 is 0 Å². The van der Waals surface area contributed by atoms with Crippen molar-refractivity contribution < 1.29 is 4.39 Å². The van der Waals surface area contributed by atoms with Crippen molar-refractivity contribution in [3.63, 3.8) is 0 Å². The SMILES string of the molecule is Cc1cc(F)c2cc(C)n(C(C)C)c2c1. The van der Waals surface area contributed by atoms with Crippen LogP contribution in [-0.4, -0.2) is 4.57 Å². The average molecular weight is 205 g/mol. The van der Waals surface area contributed by atoms with Crippen molar-refractivity contribution in [3.05, 3.63) is 35.3 Å². The highest BCUT2D eigenvalue weighted by Gasteiger charge is 2.11. The van der Waals surface area contributed by atoms with Crippen LogP contribution in [0.1, 0.15) is 31.1 Å². The molecule has 15 heavy (non-hydrogen) atoms. The molecule has 1 nitrogen and oxygen atoms in total. The molecule has 1 heterocycles. The van der Waals surface area contributed by atoms with Gasteiger partial charge in [-0.2, -0.15) is 0 Å². The third-order valence-electron chi connectivity index (χ3n) is 2.76. The summed E-state index contributed by atoms with van der Waals surface area (Å²) in [5.74, 6) is -0.118. The maximum absolute atomic E-state index is 13.7. The van der Waals surface area contributed by atoms with Gasteiger partial charge >= 0.3 is 0 Å². The van der Waals surface area contributed by atoms with Crippen LogP contribution in [0.2, 0.25) is 0 Å². The van der Waals surface area contributed by atoms with Gasteiger partial charge in [0, 0.05) is 17.1 Å². The van der Waals surface area contributed by atoms with Gasteiger partial charge in [0.05, 0.1) is 5.52 Å².